The summed E-state index contributed by atoms with van der Waals surface area (Å²) in [6, 6.07) is 8.23. The Hall–Kier alpha value is -2.68. The highest BCUT2D eigenvalue weighted by atomic mass is 32.2. The van der Waals surface area contributed by atoms with Crippen molar-refractivity contribution in [2.75, 3.05) is 12.4 Å². The molecular formula is C19H22N6O6S. The topological polar surface area (TPSA) is 163 Å². The summed E-state index contributed by atoms with van der Waals surface area (Å²) in [5.41, 5.74) is 3.43. The van der Waals surface area contributed by atoms with E-state index in [4.69, 9.17) is 4.74 Å². The van der Waals surface area contributed by atoms with E-state index in [2.05, 4.69) is 32.6 Å². The van der Waals surface area contributed by atoms with Crippen LogP contribution in [0, 0.1) is 0 Å². The maximum Gasteiger partial charge on any atom is 0.337 e. The van der Waals surface area contributed by atoms with Gasteiger partial charge in [0.1, 0.15) is 17.7 Å². The molecule has 1 aliphatic carbocycles. The van der Waals surface area contributed by atoms with Gasteiger partial charge in [-0.2, -0.15) is 17.8 Å². The monoisotopic (exact) mass is 462 g/mol. The molecule has 3 heterocycles. The Bertz CT molecular complexity index is 1270. The van der Waals surface area contributed by atoms with Gasteiger partial charge in [0.05, 0.1) is 24.1 Å². The summed E-state index contributed by atoms with van der Waals surface area (Å²) in [5.74, 6) is 0.461. The van der Waals surface area contributed by atoms with E-state index in [1.54, 1.807) is 0 Å². The molecule has 5 atom stereocenters. The lowest BCUT2D eigenvalue weighted by atomic mass is 10.1. The van der Waals surface area contributed by atoms with E-state index < -0.39 is 35.0 Å². The Labute approximate surface area is 183 Å². The molecule has 170 valence electrons. The Balaban J connectivity index is 1.45. The van der Waals surface area contributed by atoms with Crippen LogP contribution in [0.25, 0.3) is 11.0 Å². The van der Waals surface area contributed by atoms with Crippen molar-refractivity contribution in [1.29, 1.82) is 0 Å². The van der Waals surface area contributed by atoms with E-state index in [0.717, 1.165) is 19.9 Å². The van der Waals surface area contributed by atoms with E-state index in [0.29, 0.717) is 21.2 Å². The van der Waals surface area contributed by atoms with Crippen LogP contribution >= 0.6 is 0 Å². The van der Waals surface area contributed by atoms with Gasteiger partial charge in [0.15, 0.2) is 18.3 Å². The molecule has 5 rings (SSSR count). The van der Waals surface area contributed by atoms with Crippen LogP contribution in [0.3, 0.4) is 0 Å². The van der Waals surface area contributed by atoms with Crippen molar-refractivity contribution >= 4 is 27.2 Å². The third-order valence-corrected chi connectivity index (χ3v) is 6.98. The van der Waals surface area contributed by atoms with Gasteiger partial charge in [0.25, 0.3) is 0 Å². The molecule has 0 bridgehead atoms. The lowest BCUT2D eigenvalue weighted by molar-refractivity contribution is -0.0722. The molecule has 0 amide bonds. The summed E-state index contributed by atoms with van der Waals surface area (Å²) in [4.78, 5) is 4.38. The minimum Gasteiger partial charge on any atom is -0.386 e. The number of nitrogens with one attached hydrogen (secondary N) is 1. The SMILES string of the molecule is CN([C@@H]1O[C@@H](n2cnc3c(N[C@H]4CCc5ccccc54)nncc32)[C@H](O)[C@@H]1O)S(=O)(=O)O. The van der Waals surface area contributed by atoms with Gasteiger partial charge < -0.3 is 20.3 Å². The Kier molecular flexibility index (Phi) is 5.11. The lowest BCUT2D eigenvalue weighted by Gasteiger charge is -2.22. The molecule has 0 spiro atoms. The standard InChI is InChI=1S/C19H22N6O6S/c1-24(32(28,29)30)18-15(26)16(27)19(31-18)25-9-20-14-13(25)8-21-23-17(14)22-12-7-6-10-4-2-3-5-11(10)12/h2-5,8-9,12,15-16,18-19,26-27H,6-7H2,1H3,(H,22,23)(H,28,29,30)/t12-,15-,16+,18+,19+/m0/s1. The quantitative estimate of drug-likeness (QED) is 0.386. The number of likely N-dealkylation sites (N-methyl/N-ethyl adjacent to an activating group) is 1. The van der Waals surface area contributed by atoms with Gasteiger partial charge in [-0.1, -0.05) is 24.3 Å². The fourth-order valence-electron chi connectivity index (χ4n) is 4.34. The minimum absolute atomic E-state index is 0.0548. The van der Waals surface area contributed by atoms with E-state index >= 15 is 0 Å². The number of aliphatic hydroxyl groups excluding tert-OH is 2. The molecule has 4 N–H and O–H groups in total. The fraction of sp³-hybridized carbons (Fsp3) is 0.421. The highest BCUT2D eigenvalue weighted by Crippen LogP contribution is 2.36. The number of nitrogens with zero attached hydrogens (tertiary/aromatic N) is 5. The van der Waals surface area contributed by atoms with Gasteiger partial charge in [-0.3, -0.25) is 9.12 Å². The molecule has 32 heavy (non-hydrogen) atoms. The Morgan fingerprint density at radius 1 is 1.25 bits per heavy atom. The molecule has 0 saturated carbocycles. The first-order valence-electron chi connectivity index (χ1n) is 10.0. The first kappa shape index (κ1) is 21.2. The highest BCUT2D eigenvalue weighted by Gasteiger charge is 2.48. The summed E-state index contributed by atoms with van der Waals surface area (Å²) in [7, 11) is -3.60. The van der Waals surface area contributed by atoms with Crippen LogP contribution in [0.5, 0.6) is 0 Å². The number of fused-ring (bicyclic) bond motifs is 2. The number of hydrogen-bond donors (Lipinski definition) is 4. The molecule has 1 saturated heterocycles. The molecule has 2 aliphatic rings. The number of aliphatic hydroxyl groups is 2. The Morgan fingerprint density at radius 2 is 2.03 bits per heavy atom. The predicted octanol–water partition coefficient (Wildman–Crippen LogP) is 0.237. The first-order valence-corrected chi connectivity index (χ1v) is 11.4. The second kappa shape index (κ2) is 7.72. The zero-order chi connectivity index (χ0) is 22.6. The van der Waals surface area contributed by atoms with E-state index in [-0.39, 0.29) is 6.04 Å². The van der Waals surface area contributed by atoms with E-state index in [1.807, 2.05) is 12.1 Å². The number of anilines is 1. The first-order chi connectivity index (χ1) is 15.3. The van der Waals surface area contributed by atoms with Crippen molar-refractivity contribution in [3.8, 4) is 0 Å². The highest BCUT2D eigenvalue weighted by molar-refractivity contribution is 7.83. The summed E-state index contributed by atoms with van der Waals surface area (Å²) in [5, 5.41) is 32.4. The van der Waals surface area contributed by atoms with Gasteiger partial charge in [0, 0.05) is 7.05 Å². The van der Waals surface area contributed by atoms with Crippen molar-refractivity contribution in [3.05, 3.63) is 47.9 Å². The van der Waals surface area contributed by atoms with Gasteiger partial charge >= 0.3 is 10.3 Å². The van der Waals surface area contributed by atoms with Crippen molar-refractivity contribution in [3.63, 3.8) is 0 Å². The second-order valence-corrected chi connectivity index (χ2v) is 9.38. The number of benzene rings is 1. The van der Waals surface area contributed by atoms with Crippen LogP contribution in [-0.2, 0) is 21.5 Å². The lowest BCUT2D eigenvalue weighted by Crippen LogP contribution is -2.44. The largest absolute Gasteiger partial charge is 0.386 e. The van der Waals surface area contributed by atoms with Crippen molar-refractivity contribution < 1.29 is 27.9 Å². The molecule has 0 radical (unpaired) electrons. The molecule has 1 fully saturated rings. The molecule has 13 heteroatoms. The molecule has 1 aliphatic heterocycles. The average Bonchev–Trinajstić information content (AvgIpc) is 3.45. The van der Waals surface area contributed by atoms with Gasteiger partial charge in [-0.25, -0.2) is 4.98 Å². The number of hydrogen-bond acceptors (Lipinski definition) is 9. The number of ether oxygens (including phenoxy) is 1. The molecule has 1 aromatic carbocycles. The number of imidazole rings is 1. The van der Waals surface area contributed by atoms with Gasteiger partial charge in [-0.15, -0.1) is 5.10 Å². The molecule has 0 unspecified atom stereocenters. The zero-order valence-corrected chi connectivity index (χ0v) is 17.8. The number of rotatable bonds is 5. The van der Waals surface area contributed by atoms with Crippen LogP contribution < -0.4 is 5.32 Å². The van der Waals surface area contributed by atoms with Crippen LogP contribution in [0.15, 0.2) is 36.8 Å². The van der Waals surface area contributed by atoms with Crippen molar-refractivity contribution in [1.82, 2.24) is 24.1 Å². The maximum absolute atomic E-state index is 11.4. The normalized spacial score (nSPS) is 27.8. The van der Waals surface area contributed by atoms with E-state index in [1.165, 1.54) is 28.2 Å². The van der Waals surface area contributed by atoms with Crippen molar-refractivity contribution in [2.45, 2.75) is 43.5 Å². The smallest absolute Gasteiger partial charge is 0.337 e. The molecular weight excluding hydrogens is 440 g/mol. The van der Waals surface area contributed by atoms with Crippen LogP contribution in [0.2, 0.25) is 0 Å². The zero-order valence-electron chi connectivity index (χ0n) is 17.0. The summed E-state index contributed by atoms with van der Waals surface area (Å²) < 4.78 is 39.6. The maximum atomic E-state index is 11.4. The van der Waals surface area contributed by atoms with Gasteiger partial charge in [-0.05, 0) is 24.0 Å². The molecule has 2 aromatic heterocycles. The molecule has 3 aromatic rings. The minimum atomic E-state index is -4.64. The Morgan fingerprint density at radius 3 is 2.81 bits per heavy atom. The van der Waals surface area contributed by atoms with E-state index in [9.17, 15) is 23.2 Å². The van der Waals surface area contributed by atoms with Crippen molar-refractivity contribution in [2.24, 2.45) is 0 Å². The van der Waals surface area contributed by atoms with Gasteiger partial charge in [0.2, 0.25) is 0 Å². The second-order valence-electron chi connectivity index (χ2n) is 7.91. The van der Waals surface area contributed by atoms with Crippen LogP contribution in [0.4, 0.5) is 5.82 Å². The summed E-state index contributed by atoms with van der Waals surface area (Å²) in [6.45, 7) is 0. The predicted molar refractivity (Wildman–Crippen MR) is 112 cm³/mol. The van der Waals surface area contributed by atoms with Crippen LogP contribution in [0.1, 0.15) is 29.8 Å². The van der Waals surface area contributed by atoms with Crippen LogP contribution in [-0.4, -0.2) is 72.7 Å². The average molecular weight is 462 g/mol. The summed E-state index contributed by atoms with van der Waals surface area (Å²) >= 11 is 0. The fourth-order valence-corrected chi connectivity index (χ4v) is 4.78. The number of aryl methyl sites for hydroxylation is 1. The summed E-state index contributed by atoms with van der Waals surface area (Å²) in [6.07, 6.45) is -1.01. The molecule has 12 nitrogen and oxygen atoms in total. The third kappa shape index (κ3) is 3.43. The number of aromatic nitrogens is 4. The third-order valence-electron chi connectivity index (χ3n) is 6.05.